The molecule has 0 aromatic heterocycles. The molecule has 2 aromatic carbocycles. The SMILES string of the molecule is CCCCCCOC(=O)c1ccc(NC(=S)NC(=O)CCN2C(=O)c3ccccc3C2=O)cc1. The Balaban J connectivity index is 1.41. The van der Waals surface area contributed by atoms with Crippen molar-refractivity contribution in [2.45, 2.75) is 39.0 Å². The molecule has 0 saturated heterocycles. The van der Waals surface area contributed by atoms with E-state index in [0.717, 1.165) is 30.6 Å². The molecule has 3 amide bonds. The van der Waals surface area contributed by atoms with Crippen molar-refractivity contribution >= 4 is 46.7 Å². The molecular weight excluding hydrogens is 454 g/mol. The molecule has 178 valence electrons. The molecule has 1 aliphatic heterocycles. The van der Waals surface area contributed by atoms with Crippen molar-refractivity contribution < 1.29 is 23.9 Å². The van der Waals surface area contributed by atoms with E-state index in [1.165, 1.54) is 0 Å². The molecule has 0 bridgehead atoms. The maximum Gasteiger partial charge on any atom is 0.338 e. The van der Waals surface area contributed by atoms with E-state index in [0.29, 0.717) is 29.0 Å². The number of carbonyl (C=O) groups excluding carboxylic acids is 4. The molecule has 0 unspecified atom stereocenters. The van der Waals surface area contributed by atoms with Gasteiger partial charge in [-0.2, -0.15) is 0 Å². The highest BCUT2D eigenvalue weighted by Crippen LogP contribution is 2.22. The summed E-state index contributed by atoms with van der Waals surface area (Å²) in [6, 6.07) is 13.1. The van der Waals surface area contributed by atoms with Gasteiger partial charge in [-0.05, 0) is 55.0 Å². The molecule has 8 nitrogen and oxygen atoms in total. The number of unbranched alkanes of at least 4 members (excludes halogenated alkanes) is 3. The molecule has 0 atom stereocenters. The fraction of sp³-hybridized carbons (Fsp3) is 0.320. The molecule has 0 saturated carbocycles. The number of benzene rings is 2. The Morgan fingerprint density at radius 2 is 1.59 bits per heavy atom. The molecule has 0 aliphatic carbocycles. The number of hydrogen-bond acceptors (Lipinski definition) is 6. The Kier molecular flexibility index (Phi) is 8.86. The van der Waals surface area contributed by atoms with Gasteiger partial charge in [-0.25, -0.2) is 4.79 Å². The highest BCUT2D eigenvalue weighted by molar-refractivity contribution is 7.80. The minimum Gasteiger partial charge on any atom is -0.462 e. The van der Waals surface area contributed by atoms with Gasteiger partial charge in [0.1, 0.15) is 0 Å². The Bertz CT molecular complexity index is 1050. The quantitative estimate of drug-likeness (QED) is 0.229. The number of fused-ring (bicyclic) bond motifs is 1. The minimum absolute atomic E-state index is 0.0456. The van der Waals surface area contributed by atoms with Crippen LogP contribution in [0.25, 0.3) is 0 Å². The summed E-state index contributed by atoms with van der Waals surface area (Å²) in [6.45, 7) is 2.47. The van der Waals surface area contributed by atoms with Gasteiger partial charge in [0.2, 0.25) is 5.91 Å². The van der Waals surface area contributed by atoms with Crippen LogP contribution in [0.2, 0.25) is 0 Å². The third-order valence-electron chi connectivity index (χ3n) is 5.30. The van der Waals surface area contributed by atoms with Crippen LogP contribution in [0, 0.1) is 0 Å². The van der Waals surface area contributed by atoms with Gasteiger partial charge >= 0.3 is 5.97 Å². The average molecular weight is 482 g/mol. The number of carbonyl (C=O) groups is 4. The van der Waals surface area contributed by atoms with Crippen molar-refractivity contribution in [2.24, 2.45) is 0 Å². The molecule has 9 heteroatoms. The van der Waals surface area contributed by atoms with Gasteiger partial charge in [0.15, 0.2) is 5.11 Å². The average Bonchev–Trinajstić information content (AvgIpc) is 3.07. The number of esters is 1. The first-order valence-electron chi connectivity index (χ1n) is 11.2. The number of nitrogens with one attached hydrogen (secondary N) is 2. The van der Waals surface area contributed by atoms with Gasteiger partial charge in [-0.1, -0.05) is 38.3 Å². The maximum absolute atomic E-state index is 12.4. The van der Waals surface area contributed by atoms with Gasteiger partial charge in [-0.15, -0.1) is 0 Å². The molecule has 1 heterocycles. The molecule has 0 radical (unpaired) electrons. The van der Waals surface area contributed by atoms with E-state index in [9.17, 15) is 19.2 Å². The second-order valence-corrected chi connectivity index (χ2v) is 8.24. The largest absolute Gasteiger partial charge is 0.462 e. The van der Waals surface area contributed by atoms with Crippen LogP contribution in [-0.4, -0.2) is 46.9 Å². The lowest BCUT2D eigenvalue weighted by Gasteiger charge is -2.14. The smallest absolute Gasteiger partial charge is 0.338 e. The van der Waals surface area contributed by atoms with E-state index >= 15 is 0 Å². The van der Waals surface area contributed by atoms with Crippen molar-refractivity contribution in [3.63, 3.8) is 0 Å². The monoisotopic (exact) mass is 481 g/mol. The normalized spacial score (nSPS) is 12.3. The first-order chi connectivity index (χ1) is 16.4. The molecule has 0 spiro atoms. The first kappa shape index (κ1) is 25.0. The fourth-order valence-electron chi connectivity index (χ4n) is 3.47. The summed E-state index contributed by atoms with van der Waals surface area (Å²) in [5, 5.41) is 5.46. The van der Waals surface area contributed by atoms with E-state index in [1.54, 1.807) is 48.5 Å². The fourth-order valence-corrected chi connectivity index (χ4v) is 3.71. The maximum atomic E-state index is 12.4. The van der Waals surface area contributed by atoms with Crippen LogP contribution in [0.3, 0.4) is 0 Å². The second-order valence-electron chi connectivity index (χ2n) is 7.83. The number of anilines is 1. The summed E-state index contributed by atoms with van der Waals surface area (Å²) in [5.74, 6) is -1.63. The summed E-state index contributed by atoms with van der Waals surface area (Å²) in [5.41, 5.74) is 1.70. The van der Waals surface area contributed by atoms with Crippen LogP contribution in [0.1, 0.15) is 70.1 Å². The zero-order valence-electron chi connectivity index (χ0n) is 19.0. The van der Waals surface area contributed by atoms with Crippen molar-refractivity contribution in [3.05, 3.63) is 65.2 Å². The summed E-state index contributed by atoms with van der Waals surface area (Å²) < 4.78 is 5.26. The Morgan fingerprint density at radius 3 is 2.21 bits per heavy atom. The lowest BCUT2D eigenvalue weighted by atomic mass is 10.1. The van der Waals surface area contributed by atoms with Crippen LogP contribution >= 0.6 is 12.2 Å². The lowest BCUT2D eigenvalue weighted by Crippen LogP contribution is -2.38. The van der Waals surface area contributed by atoms with E-state index in [1.807, 2.05) is 0 Å². The predicted molar refractivity (Wildman–Crippen MR) is 132 cm³/mol. The zero-order valence-corrected chi connectivity index (χ0v) is 19.8. The lowest BCUT2D eigenvalue weighted by molar-refractivity contribution is -0.119. The molecule has 2 aromatic rings. The van der Waals surface area contributed by atoms with Crippen LogP contribution < -0.4 is 10.6 Å². The van der Waals surface area contributed by atoms with E-state index in [4.69, 9.17) is 17.0 Å². The summed E-state index contributed by atoms with van der Waals surface area (Å²) in [6.07, 6.45) is 4.04. The van der Waals surface area contributed by atoms with Crippen molar-refractivity contribution in [3.8, 4) is 0 Å². The second kappa shape index (κ2) is 12.0. The van der Waals surface area contributed by atoms with E-state index in [2.05, 4.69) is 17.6 Å². The summed E-state index contributed by atoms with van der Waals surface area (Å²) in [4.78, 5) is 50.1. The Labute approximate surface area is 203 Å². The first-order valence-corrected chi connectivity index (χ1v) is 11.6. The Morgan fingerprint density at radius 1 is 0.941 bits per heavy atom. The van der Waals surface area contributed by atoms with Crippen molar-refractivity contribution in [1.29, 1.82) is 0 Å². The van der Waals surface area contributed by atoms with Crippen molar-refractivity contribution in [1.82, 2.24) is 10.2 Å². The summed E-state index contributed by atoms with van der Waals surface area (Å²) >= 11 is 5.16. The molecule has 34 heavy (non-hydrogen) atoms. The zero-order chi connectivity index (χ0) is 24.5. The molecule has 2 N–H and O–H groups in total. The number of hydrogen-bond donors (Lipinski definition) is 2. The van der Waals surface area contributed by atoms with E-state index in [-0.39, 0.29) is 24.0 Å². The van der Waals surface area contributed by atoms with Crippen molar-refractivity contribution in [2.75, 3.05) is 18.5 Å². The van der Waals surface area contributed by atoms with Crippen LogP contribution in [0.15, 0.2) is 48.5 Å². The van der Waals surface area contributed by atoms with Gasteiger partial charge in [0.05, 0.1) is 23.3 Å². The third kappa shape index (κ3) is 6.48. The van der Waals surface area contributed by atoms with Gasteiger partial charge in [0, 0.05) is 18.7 Å². The number of rotatable bonds is 10. The summed E-state index contributed by atoms with van der Waals surface area (Å²) in [7, 11) is 0. The molecule has 3 rings (SSSR count). The highest BCUT2D eigenvalue weighted by Gasteiger charge is 2.34. The van der Waals surface area contributed by atoms with Gasteiger partial charge in [-0.3, -0.25) is 19.3 Å². The van der Waals surface area contributed by atoms with Gasteiger partial charge in [0.25, 0.3) is 11.8 Å². The van der Waals surface area contributed by atoms with Crippen LogP contribution in [0.4, 0.5) is 5.69 Å². The standard InChI is InChI=1S/C25H27N3O5S/c1-2-3-4-7-16-33-24(32)17-10-12-18(13-11-17)26-25(34)27-21(29)14-15-28-22(30)19-8-5-6-9-20(19)23(28)31/h5-6,8-13H,2-4,7,14-16H2,1H3,(H2,26,27,29,34). The van der Waals surface area contributed by atoms with Gasteiger partial charge < -0.3 is 15.4 Å². The minimum atomic E-state index is -0.433. The molecular formula is C25H27N3O5S. The van der Waals surface area contributed by atoms with E-state index < -0.39 is 17.7 Å². The molecule has 1 aliphatic rings. The van der Waals surface area contributed by atoms with Crippen LogP contribution in [-0.2, 0) is 9.53 Å². The Hall–Kier alpha value is -3.59. The van der Waals surface area contributed by atoms with Crippen LogP contribution in [0.5, 0.6) is 0 Å². The topological polar surface area (TPSA) is 105 Å². The number of amides is 3. The predicted octanol–water partition coefficient (Wildman–Crippen LogP) is 3.92. The number of nitrogens with zero attached hydrogens (tertiary/aromatic N) is 1. The third-order valence-corrected chi connectivity index (χ3v) is 5.51. The number of imide groups is 1. The molecule has 0 fully saturated rings. The number of thiocarbonyl (C=S) groups is 1. The number of ether oxygens (including phenoxy) is 1. The highest BCUT2D eigenvalue weighted by atomic mass is 32.1.